The van der Waals surface area contributed by atoms with Crippen LogP contribution in [0.4, 0.5) is 15.2 Å². The Labute approximate surface area is 169 Å². The van der Waals surface area contributed by atoms with Crippen LogP contribution in [0.2, 0.25) is 0 Å². The minimum absolute atomic E-state index is 0.0446. The number of aromatic nitrogens is 1. The Hall–Kier alpha value is -2.19. The lowest BCUT2D eigenvalue weighted by molar-refractivity contribution is 0.0638. The zero-order chi connectivity index (χ0) is 19.5. The Kier molecular flexibility index (Phi) is 5.77. The summed E-state index contributed by atoms with van der Waals surface area (Å²) in [5.41, 5.74) is 1.60. The van der Waals surface area contributed by atoms with Gasteiger partial charge in [0.2, 0.25) is 0 Å². The van der Waals surface area contributed by atoms with E-state index in [1.54, 1.807) is 11.3 Å². The van der Waals surface area contributed by atoms with Crippen molar-refractivity contribution >= 4 is 28.1 Å². The molecule has 0 saturated carbocycles. The molecule has 1 amide bonds. The summed E-state index contributed by atoms with van der Waals surface area (Å²) >= 11 is 1.54. The summed E-state index contributed by atoms with van der Waals surface area (Å²) in [6.07, 6.45) is 0. The third-order valence-electron chi connectivity index (χ3n) is 5.56. The van der Waals surface area contributed by atoms with Gasteiger partial charge in [0.1, 0.15) is 11.5 Å². The van der Waals surface area contributed by atoms with Crippen molar-refractivity contribution in [2.24, 2.45) is 0 Å². The molecule has 0 atom stereocenters. The lowest BCUT2D eigenvalue weighted by Gasteiger charge is -2.36. The molecule has 6 nitrogen and oxygen atoms in total. The largest absolute Gasteiger partial charge is 0.368 e. The molecule has 1 aromatic carbocycles. The van der Waals surface area contributed by atoms with Gasteiger partial charge >= 0.3 is 0 Å². The van der Waals surface area contributed by atoms with Gasteiger partial charge in [-0.15, -0.1) is 11.3 Å². The van der Waals surface area contributed by atoms with Crippen molar-refractivity contribution in [3.63, 3.8) is 0 Å². The summed E-state index contributed by atoms with van der Waals surface area (Å²) in [5, 5.41) is 2.80. The van der Waals surface area contributed by atoms with Crippen LogP contribution in [0.25, 0.3) is 0 Å². The summed E-state index contributed by atoms with van der Waals surface area (Å²) in [7, 11) is 0. The first-order valence-electron chi connectivity index (χ1n) is 9.86. The highest BCUT2D eigenvalue weighted by atomic mass is 32.1. The number of hydrogen-bond donors (Lipinski definition) is 0. The van der Waals surface area contributed by atoms with Crippen molar-refractivity contribution in [1.82, 2.24) is 14.8 Å². The number of anilines is 2. The predicted octanol–water partition coefficient (Wildman–Crippen LogP) is 2.39. The third kappa shape index (κ3) is 4.12. The monoisotopic (exact) mass is 403 g/mol. The molecule has 0 spiro atoms. The highest BCUT2D eigenvalue weighted by Gasteiger charge is 2.25. The smallest absolute Gasteiger partial charge is 0.273 e. The first kappa shape index (κ1) is 19.1. The number of rotatable bonds is 4. The van der Waals surface area contributed by atoms with E-state index in [2.05, 4.69) is 26.6 Å². The molecule has 0 bridgehead atoms. The molecule has 2 aliphatic rings. The summed E-state index contributed by atoms with van der Waals surface area (Å²) in [4.78, 5) is 26.1. The van der Waals surface area contributed by atoms with Crippen LogP contribution in [0.1, 0.15) is 17.4 Å². The van der Waals surface area contributed by atoms with Crippen molar-refractivity contribution in [2.75, 3.05) is 68.7 Å². The van der Waals surface area contributed by atoms with Crippen molar-refractivity contribution in [1.29, 1.82) is 0 Å². The van der Waals surface area contributed by atoms with E-state index in [-0.39, 0.29) is 11.7 Å². The molecule has 0 N–H and O–H groups in total. The van der Waals surface area contributed by atoms with Gasteiger partial charge in [-0.25, -0.2) is 9.37 Å². The van der Waals surface area contributed by atoms with E-state index in [1.807, 2.05) is 22.4 Å². The highest BCUT2D eigenvalue weighted by molar-refractivity contribution is 7.13. The summed E-state index contributed by atoms with van der Waals surface area (Å²) in [6, 6.07) is 6.65. The maximum absolute atomic E-state index is 13.1. The molecule has 2 aliphatic heterocycles. The van der Waals surface area contributed by atoms with Crippen LogP contribution < -0.4 is 9.80 Å². The van der Waals surface area contributed by atoms with Gasteiger partial charge in [0.25, 0.3) is 5.91 Å². The van der Waals surface area contributed by atoms with Crippen LogP contribution in [0, 0.1) is 5.82 Å². The molecule has 0 radical (unpaired) electrons. The first-order valence-corrected chi connectivity index (χ1v) is 10.7. The number of piperazine rings is 2. The van der Waals surface area contributed by atoms with Crippen LogP contribution >= 0.6 is 11.3 Å². The van der Waals surface area contributed by atoms with E-state index in [0.717, 1.165) is 69.7 Å². The normalized spacial score (nSPS) is 18.6. The van der Waals surface area contributed by atoms with E-state index in [1.165, 1.54) is 12.1 Å². The van der Waals surface area contributed by atoms with Crippen LogP contribution in [0.5, 0.6) is 0 Å². The zero-order valence-electron chi connectivity index (χ0n) is 16.2. The molecule has 4 rings (SSSR count). The van der Waals surface area contributed by atoms with Crippen LogP contribution in [-0.4, -0.2) is 79.6 Å². The Bertz CT molecular complexity index is 795. The van der Waals surface area contributed by atoms with Gasteiger partial charge in [-0.2, -0.15) is 0 Å². The molecule has 2 fully saturated rings. The summed E-state index contributed by atoms with van der Waals surface area (Å²) < 4.78 is 13.1. The lowest BCUT2D eigenvalue weighted by atomic mass is 10.2. The fourth-order valence-electron chi connectivity index (χ4n) is 3.74. The van der Waals surface area contributed by atoms with Crippen molar-refractivity contribution in [3.8, 4) is 0 Å². The molecular weight excluding hydrogens is 377 g/mol. The quantitative estimate of drug-likeness (QED) is 0.784. The third-order valence-corrected chi connectivity index (χ3v) is 6.46. The lowest BCUT2D eigenvalue weighted by Crippen LogP contribution is -2.48. The van der Waals surface area contributed by atoms with Crippen LogP contribution in [-0.2, 0) is 0 Å². The molecule has 3 heterocycles. The van der Waals surface area contributed by atoms with E-state index in [9.17, 15) is 9.18 Å². The van der Waals surface area contributed by atoms with Gasteiger partial charge in [0, 0.05) is 63.4 Å². The number of hydrogen-bond acceptors (Lipinski definition) is 6. The number of halogens is 1. The Morgan fingerprint density at radius 1 is 1.00 bits per heavy atom. The molecular formula is C20H26FN5OS. The number of carbonyl (C=O) groups excluding carboxylic acids is 1. The van der Waals surface area contributed by atoms with Gasteiger partial charge < -0.3 is 19.6 Å². The second kappa shape index (κ2) is 8.45. The minimum Gasteiger partial charge on any atom is -0.368 e. The maximum Gasteiger partial charge on any atom is 0.273 e. The minimum atomic E-state index is -0.210. The topological polar surface area (TPSA) is 42.9 Å². The Morgan fingerprint density at radius 2 is 1.64 bits per heavy atom. The maximum atomic E-state index is 13.1. The Balaban J connectivity index is 1.33. The second-order valence-corrected chi connectivity index (χ2v) is 8.03. The fourth-order valence-corrected chi connectivity index (χ4v) is 4.60. The SMILES string of the molecule is CCN1CCN(C(=O)c2csc(N3CCN(c4ccc(F)cc4)CC3)n2)CC1. The number of nitrogens with zero attached hydrogens (tertiary/aromatic N) is 5. The average Bonchev–Trinajstić information content (AvgIpc) is 3.24. The molecule has 150 valence electrons. The standard InChI is InChI=1S/C20H26FN5OS/c1-2-23-7-9-25(10-8-23)19(27)18-15-28-20(22-18)26-13-11-24(12-14-26)17-5-3-16(21)4-6-17/h3-6,15H,2,7-14H2,1H3. The number of benzene rings is 1. The molecule has 0 unspecified atom stereocenters. The van der Waals surface area contributed by atoms with Crippen LogP contribution in [0.3, 0.4) is 0 Å². The molecule has 2 aromatic rings. The fraction of sp³-hybridized carbons (Fsp3) is 0.500. The van der Waals surface area contributed by atoms with Gasteiger partial charge in [0.15, 0.2) is 5.13 Å². The van der Waals surface area contributed by atoms with E-state index < -0.39 is 0 Å². The van der Waals surface area contributed by atoms with Gasteiger partial charge in [-0.05, 0) is 30.8 Å². The average molecular weight is 404 g/mol. The first-order chi connectivity index (χ1) is 13.6. The number of thiazole rings is 1. The second-order valence-electron chi connectivity index (χ2n) is 7.19. The predicted molar refractivity (Wildman–Crippen MR) is 111 cm³/mol. The van der Waals surface area contributed by atoms with Crippen molar-refractivity contribution < 1.29 is 9.18 Å². The molecule has 8 heteroatoms. The van der Waals surface area contributed by atoms with Crippen LogP contribution in [0.15, 0.2) is 29.6 Å². The number of amides is 1. The molecule has 2 saturated heterocycles. The van der Waals surface area contributed by atoms with E-state index >= 15 is 0 Å². The summed E-state index contributed by atoms with van der Waals surface area (Å²) in [6.45, 7) is 10.00. The van der Waals surface area contributed by atoms with Crippen molar-refractivity contribution in [3.05, 3.63) is 41.2 Å². The van der Waals surface area contributed by atoms with Gasteiger partial charge in [-0.1, -0.05) is 6.92 Å². The van der Waals surface area contributed by atoms with E-state index in [0.29, 0.717) is 5.69 Å². The highest BCUT2D eigenvalue weighted by Crippen LogP contribution is 2.25. The number of carbonyl (C=O) groups is 1. The zero-order valence-corrected chi connectivity index (χ0v) is 17.0. The van der Waals surface area contributed by atoms with Gasteiger partial charge in [-0.3, -0.25) is 4.79 Å². The molecule has 0 aliphatic carbocycles. The summed E-state index contributed by atoms with van der Waals surface area (Å²) in [5.74, 6) is -0.165. The van der Waals surface area contributed by atoms with E-state index in [4.69, 9.17) is 0 Å². The Morgan fingerprint density at radius 3 is 2.29 bits per heavy atom. The number of likely N-dealkylation sites (N-methyl/N-ethyl adjacent to an activating group) is 1. The van der Waals surface area contributed by atoms with Crippen molar-refractivity contribution in [2.45, 2.75) is 6.92 Å². The van der Waals surface area contributed by atoms with Gasteiger partial charge in [0.05, 0.1) is 0 Å². The molecule has 28 heavy (non-hydrogen) atoms. The molecule has 1 aromatic heterocycles.